The van der Waals surface area contributed by atoms with Crippen LogP contribution in [0.3, 0.4) is 0 Å². The molecule has 4 fully saturated rings. The molecule has 2 atom stereocenters. The molecule has 4 rings (SSSR count). The van der Waals surface area contributed by atoms with Gasteiger partial charge >= 0.3 is 0 Å². The lowest BCUT2D eigenvalue weighted by atomic mass is 10.2. The molecule has 4 heterocycles. The highest BCUT2D eigenvalue weighted by molar-refractivity contribution is 5.81. The zero-order valence-corrected chi connectivity index (χ0v) is 8.80. The lowest BCUT2D eigenvalue weighted by molar-refractivity contribution is -0.135. The van der Waals surface area contributed by atoms with E-state index in [1.807, 2.05) is 0 Å². The Kier molecular flexibility index (Phi) is 1.54. The summed E-state index contributed by atoms with van der Waals surface area (Å²) in [5, 5.41) is 0. The molecule has 82 valence electrons. The maximum absolute atomic E-state index is 11.8. The second-order valence-corrected chi connectivity index (χ2v) is 4.96. The normalized spacial score (nSPS) is 41.3. The summed E-state index contributed by atoms with van der Waals surface area (Å²) in [6.07, 6.45) is 0.862. The van der Waals surface area contributed by atoms with Gasteiger partial charge in [-0.2, -0.15) is 0 Å². The summed E-state index contributed by atoms with van der Waals surface area (Å²) < 4.78 is 0. The minimum Gasteiger partial charge on any atom is -0.322 e. The molecule has 0 aromatic rings. The summed E-state index contributed by atoms with van der Waals surface area (Å²) in [6, 6.07) is 0. The van der Waals surface area contributed by atoms with E-state index in [0.29, 0.717) is 24.8 Å². The first-order valence-corrected chi connectivity index (χ1v) is 5.86. The van der Waals surface area contributed by atoms with Gasteiger partial charge in [0.1, 0.15) is 6.17 Å². The van der Waals surface area contributed by atoms with Gasteiger partial charge in [0.25, 0.3) is 0 Å². The monoisotopic (exact) mass is 208 g/mol. The van der Waals surface area contributed by atoms with Crippen LogP contribution >= 0.6 is 0 Å². The fourth-order valence-corrected chi connectivity index (χ4v) is 3.63. The molecule has 15 heavy (non-hydrogen) atoms. The lowest BCUT2D eigenvalue weighted by Gasteiger charge is -2.49. The summed E-state index contributed by atoms with van der Waals surface area (Å²) in [5.41, 5.74) is 0. The van der Waals surface area contributed by atoms with Gasteiger partial charge in [0.05, 0.1) is 12.7 Å². The minimum atomic E-state index is 0.341. The predicted molar refractivity (Wildman–Crippen MR) is 54.0 cm³/mol. The Morgan fingerprint density at radius 2 is 1.40 bits per heavy atom. The number of hydrogen-bond acceptors (Lipinski definition) is 4. The van der Waals surface area contributed by atoms with E-state index in [0.717, 1.165) is 26.2 Å². The molecule has 0 aromatic heterocycles. The van der Waals surface area contributed by atoms with Crippen molar-refractivity contribution in [1.82, 2.24) is 19.6 Å². The zero-order valence-electron chi connectivity index (χ0n) is 8.80. The summed E-state index contributed by atoms with van der Waals surface area (Å²) in [5.74, 6) is 0.341. The summed E-state index contributed by atoms with van der Waals surface area (Å²) in [6.45, 7) is 7.24. The molecule has 0 N–H and O–H groups in total. The summed E-state index contributed by atoms with van der Waals surface area (Å²) in [4.78, 5) is 21.4. The molecular weight excluding hydrogens is 192 g/mol. The van der Waals surface area contributed by atoms with E-state index in [9.17, 15) is 4.79 Å². The molecule has 4 saturated heterocycles. The molecule has 5 nitrogen and oxygen atoms in total. The molecule has 4 aliphatic heterocycles. The largest absolute Gasteiger partial charge is 0.322 e. The van der Waals surface area contributed by atoms with Crippen LogP contribution in [0.5, 0.6) is 0 Å². The van der Waals surface area contributed by atoms with E-state index in [2.05, 4.69) is 19.6 Å². The van der Waals surface area contributed by atoms with Crippen LogP contribution in [-0.2, 0) is 4.79 Å². The number of amides is 1. The van der Waals surface area contributed by atoms with Crippen LogP contribution < -0.4 is 0 Å². The first-order valence-electron chi connectivity index (χ1n) is 5.86. The number of piperazine rings is 2. The van der Waals surface area contributed by atoms with Gasteiger partial charge in [0, 0.05) is 39.3 Å². The topological polar surface area (TPSA) is 30.0 Å². The van der Waals surface area contributed by atoms with Gasteiger partial charge in [-0.25, -0.2) is 0 Å². The SMILES string of the molecule is O=C1CN2CCN3CCN4CCN1C2C34. The highest BCUT2D eigenvalue weighted by Crippen LogP contribution is 2.33. The van der Waals surface area contributed by atoms with E-state index < -0.39 is 0 Å². The second kappa shape index (κ2) is 2.72. The smallest absolute Gasteiger partial charge is 0.238 e. The van der Waals surface area contributed by atoms with E-state index in [1.165, 1.54) is 13.1 Å². The Bertz CT molecular complexity index is 315. The third-order valence-electron chi connectivity index (χ3n) is 4.34. The van der Waals surface area contributed by atoms with Crippen molar-refractivity contribution in [2.45, 2.75) is 12.3 Å². The molecule has 2 unspecified atom stereocenters. The molecule has 4 aliphatic rings. The third-order valence-corrected chi connectivity index (χ3v) is 4.34. The molecule has 5 heteroatoms. The van der Waals surface area contributed by atoms with E-state index in [1.54, 1.807) is 0 Å². The van der Waals surface area contributed by atoms with Crippen LogP contribution in [0.25, 0.3) is 0 Å². The van der Waals surface area contributed by atoms with Crippen molar-refractivity contribution >= 4 is 5.91 Å². The van der Waals surface area contributed by atoms with E-state index in [-0.39, 0.29) is 0 Å². The lowest BCUT2D eigenvalue weighted by Crippen LogP contribution is -2.67. The zero-order chi connectivity index (χ0) is 9.99. The highest BCUT2D eigenvalue weighted by Gasteiger charge is 2.53. The Balaban J connectivity index is 1.75. The quantitative estimate of drug-likeness (QED) is 0.481. The van der Waals surface area contributed by atoms with Crippen molar-refractivity contribution in [1.29, 1.82) is 0 Å². The average Bonchev–Trinajstić information content (AvgIpc) is 2.78. The molecule has 0 bridgehead atoms. The van der Waals surface area contributed by atoms with Gasteiger partial charge in [-0.3, -0.25) is 19.5 Å². The molecule has 0 aliphatic carbocycles. The highest BCUT2D eigenvalue weighted by atomic mass is 16.2. The number of carbonyl (C=O) groups is 1. The van der Waals surface area contributed by atoms with Crippen LogP contribution in [0.1, 0.15) is 0 Å². The second-order valence-electron chi connectivity index (χ2n) is 4.96. The summed E-state index contributed by atoms with van der Waals surface area (Å²) >= 11 is 0. The first kappa shape index (κ1) is 8.50. The standard InChI is InChI=1S/C10H16N4O/c15-8-7-13-4-3-11-1-2-12-5-6-14(8)10(13)9(11)12/h9-10H,1-7H2. The van der Waals surface area contributed by atoms with Crippen LogP contribution in [0, 0.1) is 0 Å². The Morgan fingerprint density at radius 3 is 2.13 bits per heavy atom. The predicted octanol–water partition coefficient (Wildman–Crippen LogP) is -1.57. The molecule has 0 saturated carbocycles. The Labute approximate surface area is 89.2 Å². The number of nitrogens with zero attached hydrogens (tertiary/aromatic N) is 4. The molecule has 0 radical (unpaired) electrons. The fraction of sp³-hybridized carbons (Fsp3) is 0.900. The average molecular weight is 208 g/mol. The van der Waals surface area contributed by atoms with Crippen molar-refractivity contribution < 1.29 is 4.79 Å². The van der Waals surface area contributed by atoms with Crippen molar-refractivity contribution in [2.75, 3.05) is 45.8 Å². The van der Waals surface area contributed by atoms with Gasteiger partial charge in [-0.1, -0.05) is 0 Å². The summed E-state index contributed by atoms with van der Waals surface area (Å²) in [7, 11) is 0. The molecule has 1 amide bonds. The van der Waals surface area contributed by atoms with Crippen molar-refractivity contribution in [3.8, 4) is 0 Å². The fourth-order valence-electron chi connectivity index (χ4n) is 3.63. The van der Waals surface area contributed by atoms with Gasteiger partial charge in [-0.05, 0) is 0 Å². The first-order chi connectivity index (χ1) is 7.34. The Morgan fingerprint density at radius 1 is 0.800 bits per heavy atom. The van der Waals surface area contributed by atoms with Crippen molar-refractivity contribution in [2.24, 2.45) is 0 Å². The van der Waals surface area contributed by atoms with Crippen molar-refractivity contribution in [3.05, 3.63) is 0 Å². The van der Waals surface area contributed by atoms with Gasteiger partial charge in [0.2, 0.25) is 5.91 Å². The van der Waals surface area contributed by atoms with E-state index >= 15 is 0 Å². The van der Waals surface area contributed by atoms with Gasteiger partial charge < -0.3 is 4.90 Å². The number of carbonyl (C=O) groups excluding carboxylic acids is 1. The maximum atomic E-state index is 11.8. The van der Waals surface area contributed by atoms with Gasteiger partial charge in [-0.15, -0.1) is 0 Å². The van der Waals surface area contributed by atoms with Crippen molar-refractivity contribution in [3.63, 3.8) is 0 Å². The number of hydrogen-bond donors (Lipinski definition) is 0. The van der Waals surface area contributed by atoms with Crippen LogP contribution in [0.15, 0.2) is 0 Å². The van der Waals surface area contributed by atoms with Gasteiger partial charge in [0.15, 0.2) is 0 Å². The third kappa shape index (κ3) is 0.959. The molecule has 0 aromatic carbocycles. The molecule has 0 spiro atoms. The maximum Gasteiger partial charge on any atom is 0.238 e. The minimum absolute atomic E-state index is 0.341. The number of rotatable bonds is 0. The van der Waals surface area contributed by atoms with Crippen LogP contribution in [0.4, 0.5) is 0 Å². The van der Waals surface area contributed by atoms with Crippen LogP contribution in [0.2, 0.25) is 0 Å². The molecular formula is C10H16N4O. The Hall–Kier alpha value is -0.650. The van der Waals surface area contributed by atoms with Crippen LogP contribution in [-0.4, -0.2) is 83.7 Å². The van der Waals surface area contributed by atoms with E-state index in [4.69, 9.17) is 0 Å².